The van der Waals surface area contributed by atoms with Crippen LogP contribution in [-0.2, 0) is 13.6 Å². The highest BCUT2D eigenvalue weighted by molar-refractivity contribution is 5.94. The number of amides is 1. The average Bonchev–Trinajstić information content (AvgIpc) is 2.57. The number of para-hydroxylation sites is 1. The first-order valence-electron chi connectivity index (χ1n) is 7.05. The summed E-state index contributed by atoms with van der Waals surface area (Å²) in [6, 6.07) is 12.7. The molecule has 0 radical (unpaired) electrons. The molecule has 1 amide bonds. The van der Waals surface area contributed by atoms with Crippen molar-refractivity contribution in [2.24, 2.45) is 7.05 Å². The van der Waals surface area contributed by atoms with Crippen molar-refractivity contribution < 1.29 is 9.18 Å². The number of hydrogen-bond donors (Lipinski definition) is 1. The molecular weight excluding hydrogens is 297 g/mol. The maximum Gasteiger partial charge on any atom is 0.261 e. The summed E-state index contributed by atoms with van der Waals surface area (Å²) in [5.74, 6) is -0.741. The smallest absolute Gasteiger partial charge is 0.261 e. The van der Waals surface area contributed by atoms with Crippen molar-refractivity contribution in [1.82, 2.24) is 14.9 Å². The van der Waals surface area contributed by atoms with Gasteiger partial charge < -0.3 is 5.32 Å². The molecule has 1 heterocycles. The maximum atomic E-state index is 13.6. The summed E-state index contributed by atoms with van der Waals surface area (Å²) in [7, 11) is 1.59. The monoisotopic (exact) mass is 311 g/mol. The number of halogens is 1. The van der Waals surface area contributed by atoms with Crippen LogP contribution in [0.5, 0.6) is 0 Å². The van der Waals surface area contributed by atoms with Crippen LogP contribution in [0, 0.1) is 5.82 Å². The number of carbonyl (C=O) groups is 1. The van der Waals surface area contributed by atoms with E-state index < -0.39 is 11.7 Å². The normalized spacial score (nSPS) is 10.7. The number of fused-ring (bicyclic) bond motifs is 1. The van der Waals surface area contributed by atoms with Crippen LogP contribution in [-0.4, -0.2) is 15.5 Å². The minimum atomic E-state index is -0.592. The Morgan fingerprint density at radius 2 is 1.87 bits per heavy atom. The van der Waals surface area contributed by atoms with Crippen molar-refractivity contribution in [2.45, 2.75) is 6.54 Å². The SMILES string of the molecule is Cn1c(CNC(=O)c2ccccc2F)nc2ccccc2c1=O. The fourth-order valence-corrected chi connectivity index (χ4v) is 2.32. The Morgan fingerprint density at radius 1 is 1.17 bits per heavy atom. The summed E-state index contributed by atoms with van der Waals surface area (Å²) in [6.45, 7) is 0.0315. The highest BCUT2D eigenvalue weighted by Crippen LogP contribution is 2.08. The Balaban J connectivity index is 1.88. The molecule has 0 saturated carbocycles. The maximum absolute atomic E-state index is 13.6. The van der Waals surface area contributed by atoms with Gasteiger partial charge in [-0.3, -0.25) is 14.2 Å². The van der Waals surface area contributed by atoms with Crippen LogP contribution in [0.3, 0.4) is 0 Å². The van der Waals surface area contributed by atoms with Crippen LogP contribution in [0.2, 0.25) is 0 Å². The highest BCUT2D eigenvalue weighted by atomic mass is 19.1. The van der Waals surface area contributed by atoms with E-state index in [1.54, 1.807) is 37.4 Å². The van der Waals surface area contributed by atoms with Gasteiger partial charge >= 0.3 is 0 Å². The number of carbonyl (C=O) groups excluding carboxylic acids is 1. The topological polar surface area (TPSA) is 64.0 Å². The highest BCUT2D eigenvalue weighted by Gasteiger charge is 2.12. The summed E-state index contributed by atoms with van der Waals surface area (Å²) in [4.78, 5) is 28.7. The summed E-state index contributed by atoms with van der Waals surface area (Å²) >= 11 is 0. The molecule has 0 aliphatic carbocycles. The Labute approximate surface area is 131 Å². The molecule has 0 aliphatic rings. The molecule has 5 nitrogen and oxygen atoms in total. The lowest BCUT2D eigenvalue weighted by Crippen LogP contribution is -2.30. The van der Waals surface area contributed by atoms with Gasteiger partial charge in [-0.2, -0.15) is 0 Å². The molecule has 0 fully saturated rings. The molecule has 0 bridgehead atoms. The molecule has 1 aromatic heterocycles. The summed E-state index contributed by atoms with van der Waals surface area (Å²) in [6.07, 6.45) is 0. The third-order valence-electron chi connectivity index (χ3n) is 3.60. The molecule has 23 heavy (non-hydrogen) atoms. The molecular formula is C17H14FN3O2. The first-order valence-corrected chi connectivity index (χ1v) is 7.05. The van der Waals surface area contributed by atoms with Gasteiger partial charge in [-0.15, -0.1) is 0 Å². The molecule has 6 heteroatoms. The van der Waals surface area contributed by atoms with Crippen molar-refractivity contribution >= 4 is 16.8 Å². The third-order valence-corrected chi connectivity index (χ3v) is 3.60. The molecule has 2 aromatic carbocycles. The van der Waals surface area contributed by atoms with Crippen LogP contribution >= 0.6 is 0 Å². The molecule has 0 spiro atoms. The quantitative estimate of drug-likeness (QED) is 0.804. The number of rotatable bonds is 3. The Morgan fingerprint density at radius 3 is 2.65 bits per heavy atom. The van der Waals surface area contributed by atoms with Gasteiger partial charge in [-0.05, 0) is 24.3 Å². The molecule has 0 unspecified atom stereocenters. The van der Waals surface area contributed by atoms with Gasteiger partial charge in [-0.25, -0.2) is 9.37 Å². The molecule has 116 valence electrons. The van der Waals surface area contributed by atoms with Crippen LogP contribution in [0.25, 0.3) is 10.9 Å². The van der Waals surface area contributed by atoms with E-state index in [2.05, 4.69) is 10.3 Å². The van der Waals surface area contributed by atoms with Crippen LogP contribution in [0.15, 0.2) is 53.3 Å². The number of nitrogens with one attached hydrogen (secondary N) is 1. The van der Waals surface area contributed by atoms with Crippen molar-refractivity contribution in [1.29, 1.82) is 0 Å². The lowest BCUT2D eigenvalue weighted by atomic mass is 10.2. The van der Waals surface area contributed by atoms with E-state index in [0.29, 0.717) is 16.7 Å². The zero-order valence-electron chi connectivity index (χ0n) is 12.4. The fourth-order valence-electron chi connectivity index (χ4n) is 2.32. The Kier molecular flexibility index (Phi) is 3.89. The molecule has 3 aromatic rings. The Bertz CT molecular complexity index is 950. The first kappa shape index (κ1) is 14.9. The number of benzene rings is 2. The average molecular weight is 311 g/mol. The van der Waals surface area contributed by atoms with Gasteiger partial charge in [0, 0.05) is 7.05 Å². The predicted molar refractivity (Wildman–Crippen MR) is 84.6 cm³/mol. The molecule has 0 aliphatic heterocycles. The molecule has 0 atom stereocenters. The third kappa shape index (κ3) is 2.83. The van der Waals surface area contributed by atoms with Gasteiger partial charge in [0.25, 0.3) is 11.5 Å². The zero-order chi connectivity index (χ0) is 16.4. The predicted octanol–water partition coefficient (Wildman–Crippen LogP) is 2.00. The van der Waals surface area contributed by atoms with Crippen molar-refractivity contribution in [3.8, 4) is 0 Å². The first-order chi connectivity index (χ1) is 11.1. The fraction of sp³-hybridized carbons (Fsp3) is 0.118. The van der Waals surface area contributed by atoms with Crippen LogP contribution in [0.1, 0.15) is 16.2 Å². The lowest BCUT2D eigenvalue weighted by Gasteiger charge is -2.10. The van der Waals surface area contributed by atoms with Gasteiger partial charge in [0.15, 0.2) is 0 Å². The van der Waals surface area contributed by atoms with Crippen molar-refractivity contribution in [3.05, 3.63) is 76.1 Å². The molecule has 3 rings (SSSR count). The van der Waals surface area contributed by atoms with E-state index in [1.165, 1.54) is 22.8 Å². The van der Waals surface area contributed by atoms with Gasteiger partial charge in [-0.1, -0.05) is 24.3 Å². The second kappa shape index (κ2) is 6.00. The van der Waals surface area contributed by atoms with E-state index in [9.17, 15) is 14.0 Å². The summed E-state index contributed by atoms with van der Waals surface area (Å²) in [5, 5.41) is 3.10. The summed E-state index contributed by atoms with van der Waals surface area (Å²) in [5.41, 5.74) is 0.328. The van der Waals surface area contributed by atoms with Gasteiger partial charge in [0.1, 0.15) is 11.6 Å². The summed E-state index contributed by atoms with van der Waals surface area (Å²) < 4.78 is 15.0. The van der Waals surface area contributed by atoms with Crippen LogP contribution in [0.4, 0.5) is 4.39 Å². The number of aromatic nitrogens is 2. The number of hydrogen-bond acceptors (Lipinski definition) is 3. The Hall–Kier alpha value is -3.02. The second-order valence-corrected chi connectivity index (χ2v) is 5.07. The van der Waals surface area contributed by atoms with E-state index >= 15 is 0 Å². The molecule has 0 saturated heterocycles. The standard InChI is InChI=1S/C17H14FN3O2/c1-21-15(20-14-9-5-3-7-12(14)17(21)23)10-19-16(22)11-6-2-4-8-13(11)18/h2-9H,10H2,1H3,(H,19,22). The van der Waals surface area contributed by atoms with Crippen molar-refractivity contribution in [2.75, 3.05) is 0 Å². The van der Waals surface area contributed by atoms with E-state index in [-0.39, 0.29) is 17.7 Å². The van der Waals surface area contributed by atoms with Crippen LogP contribution < -0.4 is 10.9 Å². The van der Waals surface area contributed by atoms with E-state index in [4.69, 9.17) is 0 Å². The largest absolute Gasteiger partial charge is 0.345 e. The zero-order valence-corrected chi connectivity index (χ0v) is 12.4. The van der Waals surface area contributed by atoms with Gasteiger partial charge in [0.2, 0.25) is 0 Å². The van der Waals surface area contributed by atoms with Crippen molar-refractivity contribution in [3.63, 3.8) is 0 Å². The van der Waals surface area contributed by atoms with Gasteiger partial charge in [0.05, 0.1) is 23.0 Å². The molecule has 1 N–H and O–H groups in total. The minimum absolute atomic E-state index is 0.0315. The number of nitrogens with zero attached hydrogens (tertiary/aromatic N) is 2. The second-order valence-electron chi connectivity index (χ2n) is 5.07. The lowest BCUT2D eigenvalue weighted by molar-refractivity contribution is 0.0945. The minimum Gasteiger partial charge on any atom is -0.345 e. The van der Waals surface area contributed by atoms with E-state index in [0.717, 1.165) is 0 Å². The van der Waals surface area contributed by atoms with E-state index in [1.807, 2.05) is 0 Å².